The number of nitrogens with zero attached hydrogens (tertiary/aromatic N) is 4. The number of methoxy groups -OCH3 is 1. The maximum absolute atomic E-state index is 10.7. The second kappa shape index (κ2) is 5.61. The van der Waals surface area contributed by atoms with Crippen LogP contribution in [0.25, 0.3) is 0 Å². The molecule has 1 saturated carbocycles. The largest absolute Gasteiger partial charge is 0.467 e. The lowest BCUT2D eigenvalue weighted by atomic mass is 9.71. The predicted molar refractivity (Wildman–Crippen MR) is 77.9 cm³/mol. The number of aliphatic hydroxyl groups is 1. The van der Waals surface area contributed by atoms with Crippen LogP contribution in [0.15, 0.2) is 0 Å². The normalized spacial score (nSPS) is 28.9. The van der Waals surface area contributed by atoms with Crippen LogP contribution >= 0.6 is 0 Å². The number of nitrogen functional groups attached to an aromatic ring is 1. The first kappa shape index (κ1) is 14.3. The third-order valence-electron chi connectivity index (χ3n) is 4.63. The Morgan fingerprint density at radius 1 is 1.33 bits per heavy atom. The number of fused-ring (bicyclic) bond motifs is 1. The summed E-state index contributed by atoms with van der Waals surface area (Å²) in [5.41, 5.74) is 1.91. The molecule has 21 heavy (non-hydrogen) atoms. The molecule has 4 N–H and O–H groups in total. The van der Waals surface area contributed by atoms with Crippen LogP contribution in [-0.2, 0) is 0 Å². The second-order valence-electron chi connectivity index (χ2n) is 5.83. The number of nitrogens with one attached hydrogen (secondary N) is 1. The molecule has 3 rings (SSSR count). The van der Waals surface area contributed by atoms with E-state index in [1.165, 1.54) is 13.5 Å². The molecule has 8 heteroatoms. The molecule has 0 spiro atoms. The smallest absolute Gasteiger partial charge is 0.322 e. The molecular formula is C13H22N6O2. The molecule has 2 fully saturated rings. The maximum atomic E-state index is 10.7. The lowest BCUT2D eigenvalue weighted by molar-refractivity contribution is -0.0614. The fourth-order valence-electron chi connectivity index (χ4n) is 3.40. The second-order valence-corrected chi connectivity index (χ2v) is 5.83. The van der Waals surface area contributed by atoms with Gasteiger partial charge in [-0.1, -0.05) is 12.8 Å². The van der Waals surface area contributed by atoms with Gasteiger partial charge in [-0.05, 0) is 19.3 Å². The number of hydrazine groups is 1. The Kier molecular flexibility index (Phi) is 3.81. The van der Waals surface area contributed by atoms with Gasteiger partial charge in [-0.3, -0.25) is 5.43 Å². The van der Waals surface area contributed by atoms with E-state index in [1.54, 1.807) is 0 Å². The van der Waals surface area contributed by atoms with E-state index in [4.69, 9.17) is 10.6 Å². The van der Waals surface area contributed by atoms with Crippen molar-refractivity contribution in [3.63, 3.8) is 0 Å². The molecule has 0 radical (unpaired) electrons. The Hall–Kier alpha value is -1.67. The van der Waals surface area contributed by atoms with Crippen molar-refractivity contribution in [2.24, 2.45) is 11.8 Å². The zero-order valence-electron chi connectivity index (χ0n) is 12.2. The van der Waals surface area contributed by atoms with Gasteiger partial charge in [-0.2, -0.15) is 15.0 Å². The monoisotopic (exact) mass is 294 g/mol. The lowest BCUT2D eigenvalue weighted by Crippen LogP contribution is -2.53. The minimum Gasteiger partial charge on any atom is -0.467 e. The molecule has 0 bridgehead atoms. The van der Waals surface area contributed by atoms with Crippen molar-refractivity contribution in [3.8, 4) is 6.01 Å². The van der Waals surface area contributed by atoms with E-state index in [9.17, 15) is 5.11 Å². The minimum atomic E-state index is -0.513. The van der Waals surface area contributed by atoms with E-state index >= 15 is 0 Å². The van der Waals surface area contributed by atoms with Crippen LogP contribution in [0.5, 0.6) is 6.01 Å². The quantitative estimate of drug-likeness (QED) is 0.539. The minimum absolute atomic E-state index is 0.234. The highest BCUT2D eigenvalue weighted by Gasteiger charge is 2.43. The van der Waals surface area contributed by atoms with Crippen molar-refractivity contribution >= 4 is 11.9 Å². The highest BCUT2D eigenvalue weighted by Crippen LogP contribution is 2.40. The van der Waals surface area contributed by atoms with Gasteiger partial charge >= 0.3 is 6.01 Å². The third kappa shape index (κ3) is 2.73. The number of rotatable bonds is 3. The maximum Gasteiger partial charge on any atom is 0.322 e. The molecule has 1 aromatic rings. The molecule has 2 atom stereocenters. The van der Waals surface area contributed by atoms with E-state index in [0.717, 1.165) is 38.8 Å². The van der Waals surface area contributed by atoms with E-state index < -0.39 is 5.60 Å². The topological polar surface area (TPSA) is 109 Å². The van der Waals surface area contributed by atoms with Crippen LogP contribution in [0.1, 0.15) is 32.1 Å². The Bertz CT molecular complexity index is 491. The van der Waals surface area contributed by atoms with Gasteiger partial charge in [0.2, 0.25) is 11.9 Å². The van der Waals surface area contributed by atoms with Crippen LogP contribution in [0.2, 0.25) is 0 Å². The van der Waals surface area contributed by atoms with Crippen molar-refractivity contribution in [3.05, 3.63) is 0 Å². The molecule has 2 unspecified atom stereocenters. The van der Waals surface area contributed by atoms with Gasteiger partial charge in [0.25, 0.3) is 0 Å². The molecule has 1 aliphatic carbocycles. The Labute approximate surface area is 123 Å². The van der Waals surface area contributed by atoms with E-state index in [1.807, 2.05) is 0 Å². The molecule has 116 valence electrons. The van der Waals surface area contributed by atoms with Gasteiger partial charge < -0.3 is 14.7 Å². The average molecular weight is 294 g/mol. The standard InChI is InChI=1S/C13H22N6O2/c1-21-12-16-10(18-14)15-11(17-12)19-7-6-13(20)5-3-2-4-9(13)8-19/h9,20H,2-8,14H2,1H3,(H,15,16,17,18). The van der Waals surface area contributed by atoms with Gasteiger partial charge in [0.1, 0.15) is 0 Å². The first-order valence-corrected chi connectivity index (χ1v) is 7.38. The van der Waals surface area contributed by atoms with Gasteiger partial charge in [-0.15, -0.1) is 0 Å². The van der Waals surface area contributed by atoms with E-state index in [-0.39, 0.29) is 17.9 Å². The van der Waals surface area contributed by atoms with Crippen molar-refractivity contribution in [2.45, 2.75) is 37.7 Å². The zero-order chi connectivity index (χ0) is 14.9. The summed E-state index contributed by atoms with van der Waals surface area (Å²) in [6.07, 6.45) is 5.00. The molecule has 1 aliphatic heterocycles. The highest BCUT2D eigenvalue weighted by atomic mass is 16.5. The van der Waals surface area contributed by atoms with Crippen molar-refractivity contribution < 1.29 is 9.84 Å². The molecule has 1 saturated heterocycles. The van der Waals surface area contributed by atoms with E-state index in [0.29, 0.717) is 5.95 Å². The highest BCUT2D eigenvalue weighted by molar-refractivity contribution is 5.38. The van der Waals surface area contributed by atoms with Gasteiger partial charge in [0, 0.05) is 19.0 Å². The fourth-order valence-corrected chi connectivity index (χ4v) is 3.40. The van der Waals surface area contributed by atoms with Crippen LogP contribution in [0, 0.1) is 5.92 Å². The van der Waals surface area contributed by atoms with Gasteiger partial charge in [-0.25, -0.2) is 5.84 Å². The van der Waals surface area contributed by atoms with Crippen LogP contribution in [-0.4, -0.2) is 45.9 Å². The number of anilines is 2. The molecule has 0 aromatic carbocycles. The van der Waals surface area contributed by atoms with Gasteiger partial charge in [0.15, 0.2) is 0 Å². The number of ether oxygens (including phenoxy) is 1. The predicted octanol–water partition coefficient (Wildman–Crippen LogP) is 0.297. The number of nitrogens with two attached hydrogens (primary N) is 1. The molecule has 2 aliphatic rings. The number of hydrogen-bond donors (Lipinski definition) is 3. The number of aromatic nitrogens is 3. The molecule has 1 aromatic heterocycles. The summed E-state index contributed by atoms with van der Waals surface area (Å²) in [4.78, 5) is 14.7. The van der Waals surface area contributed by atoms with Crippen molar-refractivity contribution in [1.82, 2.24) is 15.0 Å². The first-order valence-electron chi connectivity index (χ1n) is 7.38. The van der Waals surface area contributed by atoms with Crippen LogP contribution < -0.4 is 20.9 Å². The van der Waals surface area contributed by atoms with Crippen molar-refractivity contribution in [1.29, 1.82) is 0 Å². The van der Waals surface area contributed by atoms with Gasteiger partial charge in [0.05, 0.1) is 12.7 Å². The van der Waals surface area contributed by atoms with Crippen LogP contribution in [0.3, 0.4) is 0 Å². The summed E-state index contributed by atoms with van der Waals surface area (Å²) in [6, 6.07) is 0.234. The summed E-state index contributed by atoms with van der Waals surface area (Å²) < 4.78 is 5.08. The average Bonchev–Trinajstić information content (AvgIpc) is 2.53. The summed E-state index contributed by atoms with van der Waals surface area (Å²) in [5, 5.41) is 10.7. The Morgan fingerprint density at radius 3 is 2.95 bits per heavy atom. The SMILES string of the molecule is COc1nc(NN)nc(N2CCC3(O)CCCCC3C2)n1. The number of piperidine rings is 1. The number of hydrogen-bond acceptors (Lipinski definition) is 8. The molecule has 8 nitrogen and oxygen atoms in total. The third-order valence-corrected chi connectivity index (χ3v) is 4.63. The Balaban J connectivity index is 1.81. The van der Waals surface area contributed by atoms with Crippen LogP contribution in [0.4, 0.5) is 11.9 Å². The summed E-state index contributed by atoms with van der Waals surface area (Å²) in [5.74, 6) is 6.48. The molecule has 0 amide bonds. The lowest BCUT2D eigenvalue weighted by Gasteiger charge is -2.47. The van der Waals surface area contributed by atoms with Crippen molar-refractivity contribution in [2.75, 3.05) is 30.5 Å². The first-order chi connectivity index (χ1) is 10.1. The Morgan fingerprint density at radius 2 is 2.19 bits per heavy atom. The molecule has 2 heterocycles. The molecular weight excluding hydrogens is 272 g/mol. The van der Waals surface area contributed by atoms with E-state index in [2.05, 4.69) is 25.3 Å². The summed E-state index contributed by atoms with van der Waals surface area (Å²) >= 11 is 0. The fraction of sp³-hybridized carbons (Fsp3) is 0.769. The summed E-state index contributed by atoms with van der Waals surface area (Å²) in [7, 11) is 1.51. The zero-order valence-corrected chi connectivity index (χ0v) is 12.2. The summed E-state index contributed by atoms with van der Waals surface area (Å²) in [6.45, 7) is 1.48.